The Morgan fingerprint density at radius 2 is 1.38 bits per heavy atom. The molecule has 0 aliphatic heterocycles. The summed E-state index contributed by atoms with van der Waals surface area (Å²) >= 11 is 0. The van der Waals surface area contributed by atoms with Crippen LogP contribution < -0.4 is 0 Å². The van der Waals surface area contributed by atoms with Gasteiger partial charge in [-0.3, -0.25) is 0 Å². The molecule has 0 nitrogen and oxygen atoms in total. The van der Waals surface area contributed by atoms with Crippen molar-refractivity contribution < 1.29 is 0 Å². The molecule has 0 spiro atoms. The lowest BCUT2D eigenvalue weighted by molar-refractivity contribution is 1.51. The molecule has 0 aromatic heterocycles. The van der Waals surface area contributed by atoms with Crippen LogP contribution in [0, 0.1) is 6.92 Å². The van der Waals surface area contributed by atoms with Crippen molar-refractivity contribution in [1.29, 1.82) is 0 Å². The second kappa shape index (κ2) is 3.97. The van der Waals surface area contributed by atoms with Gasteiger partial charge in [0.15, 0.2) is 0 Å². The normalized spacial score (nSPS) is 10.3. The predicted molar refractivity (Wildman–Crippen MR) is 72.9 cm³/mol. The minimum absolute atomic E-state index is 0. The van der Waals surface area contributed by atoms with Gasteiger partial charge >= 0.3 is 0 Å². The van der Waals surface area contributed by atoms with Gasteiger partial charge in [-0.15, -0.1) is 0 Å². The molecule has 0 N–H and O–H groups in total. The molecule has 16 heavy (non-hydrogen) atoms. The van der Waals surface area contributed by atoms with E-state index < -0.39 is 0 Å². The fourth-order valence-electron chi connectivity index (χ4n) is 2.13. The SMILES string of the molecule is C.Cc1ccc2c(ccc3ccccc32)c1. The monoisotopic (exact) mass is 208 g/mol. The molecule has 0 saturated heterocycles. The van der Waals surface area contributed by atoms with Crippen LogP contribution in [0.4, 0.5) is 0 Å². The quantitative estimate of drug-likeness (QED) is 0.459. The molecule has 3 aromatic rings. The molecule has 3 aromatic carbocycles. The highest BCUT2D eigenvalue weighted by Crippen LogP contribution is 2.25. The molecule has 0 heteroatoms. The van der Waals surface area contributed by atoms with Gasteiger partial charge in [-0.25, -0.2) is 0 Å². The first-order chi connectivity index (χ1) is 7.34. The number of aryl methyl sites for hydroxylation is 1. The van der Waals surface area contributed by atoms with E-state index in [0.29, 0.717) is 0 Å². The minimum atomic E-state index is 0. The Hall–Kier alpha value is -1.82. The van der Waals surface area contributed by atoms with Crippen LogP contribution in [0.1, 0.15) is 13.0 Å². The molecule has 0 radical (unpaired) electrons. The predicted octanol–water partition coefficient (Wildman–Crippen LogP) is 4.94. The third-order valence-electron chi connectivity index (χ3n) is 2.90. The third kappa shape index (κ3) is 1.57. The van der Waals surface area contributed by atoms with Crippen LogP contribution in [0.5, 0.6) is 0 Å². The fraction of sp³-hybridized carbons (Fsp3) is 0.125. The van der Waals surface area contributed by atoms with Crippen LogP contribution in [0.3, 0.4) is 0 Å². The molecule has 0 aliphatic carbocycles. The molecule has 0 unspecified atom stereocenters. The highest BCUT2D eigenvalue weighted by Gasteiger charge is 1.98. The molecule has 0 saturated carbocycles. The first kappa shape index (κ1) is 10.7. The maximum Gasteiger partial charge on any atom is -0.0105 e. The van der Waals surface area contributed by atoms with Crippen molar-refractivity contribution in [2.45, 2.75) is 14.4 Å². The second-order valence-corrected chi connectivity index (χ2v) is 4.01. The highest BCUT2D eigenvalue weighted by molar-refractivity contribution is 6.07. The first-order valence-corrected chi connectivity index (χ1v) is 5.23. The van der Waals surface area contributed by atoms with E-state index in [1.807, 2.05) is 0 Å². The number of hydrogen-bond acceptors (Lipinski definition) is 0. The zero-order valence-corrected chi connectivity index (χ0v) is 8.70. The summed E-state index contributed by atoms with van der Waals surface area (Å²) in [6.07, 6.45) is 0. The zero-order chi connectivity index (χ0) is 10.3. The molecular formula is C16H16. The Morgan fingerprint density at radius 1 is 0.688 bits per heavy atom. The molecule has 0 fully saturated rings. The summed E-state index contributed by atoms with van der Waals surface area (Å²) in [6.45, 7) is 2.13. The van der Waals surface area contributed by atoms with Crippen molar-refractivity contribution in [2.75, 3.05) is 0 Å². The molecule has 0 amide bonds. The van der Waals surface area contributed by atoms with Gasteiger partial charge in [0.1, 0.15) is 0 Å². The van der Waals surface area contributed by atoms with Gasteiger partial charge in [-0.1, -0.05) is 67.6 Å². The number of fused-ring (bicyclic) bond motifs is 3. The summed E-state index contributed by atoms with van der Waals surface area (Å²) < 4.78 is 0. The fourth-order valence-corrected chi connectivity index (χ4v) is 2.13. The van der Waals surface area contributed by atoms with Gasteiger partial charge in [0.2, 0.25) is 0 Å². The van der Waals surface area contributed by atoms with Crippen molar-refractivity contribution in [3.05, 3.63) is 60.2 Å². The van der Waals surface area contributed by atoms with E-state index in [2.05, 4.69) is 61.5 Å². The minimum Gasteiger partial charge on any atom is -0.0776 e. The Morgan fingerprint density at radius 3 is 2.25 bits per heavy atom. The molecule has 80 valence electrons. The summed E-state index contributed by atoms with van der Waals surface area (Å²) in [6, 6.07) is 19.6. The van der Waals surface area contributed by atoms with Crippen molar-refractivity contribution in [1.82, 2.24) is 0 Å². The largest absolute Gasteiger partial charge is 0.0776 e. The molecular weight excluding hydrogens is 192 g/mol. The average molecular weight is 208 g/mol. The highest BCUT2D eigenvalue weighted by atomic mass is 14.0. The van der Waals surface area contributed by atoms with E-state index in [-0.39, 0.29) is 7.43 Å². The van der Waals surface area contributed by atoms with E-state index >= 15 is 0 Å². The number of hydrogen-bond donors (Lipinski definition) is 0. The lowest BCUT2D eigenvalue weighted by Crippen LogP contribution is -1.78. The van der Waals surface area contributed by atoms with Crippen LogP contribution in [0.2, 0.25) is 0 Å². The van der Waals surface area contributed by atoms with Gasteiger partial charge in [0.05, 0.1) is 0 Å². The second-order valence-electron chi connectivity index (χ2n) is 4.01. The van der Waals surface area contributed by atoms with Crippen LogP contribution in [0.25, 0.3) is 21.5 Å². The van der Waals surface area contributed by atoms with E-state index in [0.717, 1.165) is 0 Å². The Labute approximate surface area is 96.5 Å². The van der Waals surface area contributed by atoms with Gasteiger partial charge in [0.25, 0.3) is 0 Å². The van der Waals surface area contributed by atoms with Crippen LogP contribution >= 0.6 is 0 Å². The summed E-state index contributed by atoms with van der Waals surface area (Å²) in [4.78, 5) is 0. The Balaban J connectivity index is 0.000000963. The lowest BCUT2D eigenvalue weighted by Gasteiger charge is -2.04. The van der Waals surface area contributed by atoms with Crippen LogP contribution in [0.15, 0.2) is 54.6 Å². The van der Waals surface area contributed by atoms with E-state index in [1.165, 1.54) is 27.1 Å². The van der Waals surface area contributed by atoms with Crippen LogP contribution in [-0.2, 0) is 0 Å². The summed E-state index contributed by atoms with van der Waals surface area (Å²) in [5.74, 6) is 0. The molecule has 3 rings (SSSR count). The summed E-state index contributed by atoms with van der Waals surface area (Å²) in [7, 11) is 0. The Kier molecular flexibility index (Phi) is 2.66. The van der Waals surface area contributed by atoms with Crippen LogP contribution in [-0.4, -0.2) is 0 Å². The van der Waals surface area contributed by atoms with Crippen molar-refractivity contribution in [3.8, 4) is 0 Å². The van der Waals surface area contributed by atoms with Gasteiger partial charge < -0.3 is 0 Å². The van der Waals surface area contributed by atoms with Crippen molar-refractivity contribution >= 4 is 21.5 Å². The maximum atomic E-state index is 2.24. The maximum absolute atomic E-state index is 2.24. The van der Waals surface area contributed by atoms with Gasteiger partial charge in [0, 0.05) is 0 Å². The van der Waals surface area contributed by atoms with E-state index in [9.17, 15) is 0 Å². The molecule has 0 bridgehead atoms. The van der Waals surface area contributed by atoms with E-state index in [1.54, 1.807) is 0 Å². The average Bonchev–Trinajstić information content (AvgIpc) is 2.28. The van der Waals surface area contributed by atoms with Crippen molar-refractivity contribution in [2.24, 2.45) is 0 Å². The molecule has 0 aliphatic rings. The Bertz CT molecular complexity index is 636. The first-order valence-electron chi connectivity index (χ1n) is 5.23. The summed E-state index contributed by atoms with van der Waals surface area (Å²) in [5.41, 5.74) is 1.32. The standard InChI is InChI=1S/C15H12.CH4/c1-11-6-9-15-13(10-11)8-7-12-4-2-3-5-14(12)15;/h2-10H,1H3;1H4. The molecule has 0 heterocycles. The number of rotatable bonds is 0. The molecule has 0 atom stereocenters. The van der Waals surface area contributed by atoms with E-state index in [4.69, 9.17) is 0 Å². The smallest absolute Gasteiger partial charge is 0.0105 e. The van der Waals surface area contributed by atoms with Crippen molar-refractivity contribution in [3.63, 3.8) is 0 Å². The van der Waals surface area contributed by atoms with Gasteiger partial charge in [-0.05, 0) is 28.5 Å². The summed E-state index contributed by atoms with van der Waals surface area (Å²) in [5, 5.41) is 5.33. The number of benzene rings is 3. The van der Waals surface area contributed by atoms with Gasteiger partial charge in [-0.2, -0.15) is 0 Å². The lowest BCUT2D eigenvalue weighted by atomic mass is 10.0. The third-order valence-corrected chi connectivity index (χ3v) is 2.90. The topological polar surface area (TPSA) is 0 Å². The zero-order valence-electron chi connectivity index (χ0n) is 8.70.